The summed E-state index contributed by atoms with van der Waals surface area (Å²) in [5.41, 5.74) is 11.9. The van der Waals surface area contributed by atoms with E-state index in [-0.39, 0.29) is 6.10 Å². The van der Waals surface area contributed by atoms with Gasteiger partial charge in [-0.25, -0.2) is 15.0 Å². The molecular formula is C27H25N5O. The van der Waals surface area contributed by atoms with E-state index in [4.69, 9.17) is 15.7 Å². The molecule has 0 atom stereocenters. The molecule has 3 N–H and O–H groups in total. The van der Waals surface area contributed by atoms with Crippen LogP contribution in [0.15, 0.2) is 73.1 Å². The number of fused-ring (bicyclic) bond motifs is 2. The Kier molecular flexibility index (Phi) is 4.80. The number of nitrogens with zero attached hydrogens (tertiary/aromatic N) is 4. The van der Waals surface area contributed by atoms with Crippen LogP contribution in [0.5, 0.6) is 0 Å². The lowest BCUT2D eigenvalue weighted by atomic mass is 9.87. The zero-order chi connectivity index (χ0) is 22.4. The van der Waals surface area contributed by atoms with Crippen molar-refractivity contribution in [3.63, 3.8) is 0 Å². The largest absolute Gasteiger partial charge is 0.393 e. The maximum atomic E-state index is 9.96. The van der Waals surface area contributed by atoms with Crippen LogP contribution in [0.25, 0.3) is 38.9 Å². The smallest absolute Gasteiger partial charge is 0.150 e. The molecule has 0 amide bonds. The van der Waals surface area contributed by atoms with Crippen molar-refractivity contribution in [1.29, 1.82) is 0 Å². The lowest BCUT2D eigenvalue weighted by molar-refractivity contribution is 0.121. The van der Waals surface area contributed by atoms with Gasteiger partial charge in [0.2, 0.25) is 0 Å². The SMILES string of the molecule is Nc1nccn2c(C3CCC(O)CC3)nc(-c3ccc4ccc(-c5ccccc5)nc4c3)c12. The van der Waals surface area contributed by atoms with Crippen molar-refractivity contribution >= 4 is 22.2 Å². The molecule has 3 heterocycles. The maximum absolute atomic E-state index is 9.96. The van der Waals surface area contributed by atoms with Gasteiger partial charge in [-0.1, -0.05) is 48.5 Å². The predicted octanol–water partition coefficient (Wildman–Crippen LogP) is 5.21. The highest BCUT2D eigenvalue weighted by Gasteiger charge is 2.26. The Morgan fingerprint density at radius 3 is 2.48 bits per heavy atom. The second-order valence-corrected chi connectivity index (χ2v) is 8.83. The van der Waals surface area contributed by atoms with Crippen molar-refractivity contribution in [3.8, 4) is 22.5 Å². The summed E-state index contributed by atoms with van der Waals surface area (Å²) in [7, 11) is 0. The first-order valence-electron chi connectivity index (χ1n) is 11.4. The van der Waals surface area contributed by atoms with Gasteiger partial charge in [-0.05, 0) is 37.8 Å². The molecule has 0 unspecified atom stereocenters. The molecule has 1 aliphatic carbocycles. The van der Waals surface area contributed by atoms with Crippen LogP contribution in [0.1, 0.15) is 37.4 Å². The van der Waals surface area contributed by atoms with E-state index in [9.17, 15) is 5.11 Å². The molecule has 5 aromatic rings. The number of nitrogens with two attached hydrogens (primary N) is 1. The molecule has 6 rings (SSSR count). The number of anilines is 1. The molecule has 2 aromatic carbocycles. The second kappa shape index (κ2) is 7.98. The molecule has 0 spiro atoms. The first kappa shape index (κ1) is 19.9. The number of pyridine rings is 1. The summed E-state index contributed by atoms with van der Waals surface area (Å²) in [5.74, 6) is 1.75. The number of hydrogen-bond donors (Lipinski definition) is 2. The van der Waals surface area contributed by atoms with Gasteiger partial charge >= 0.3 is 0 Å². The minimum atomic E-state index is -0.205. The van der Waals surface area contributed by atoms with Crippen molar-refractivity contribution in [2.45, 2.75) is 37.7 Å². The van der Waals surface area contributed by atoms with E-state index >= 15 is 0 Å². The van der Waals surface area contributed by atoms with Crippen LogP contribution in [-0.4, -0.2) is 30.6 Å². The molecule has 0 aliphatic heterocycles. The molecule has 1 aliphatic rings. The normalized spacial score (nSPS) is 18.7. The van der Waals surface area contributed by atoms with Crippen molar-refractivity contribution in [2.75, 3.05) is 5.73 Å². The average molecular weight is 436 g/mol. The number of imidazole rings is 1. The van der Waals surface area contributed by atoms with Gasteiger partial charge in [0.15, 0.2) is 0 Å². The molecular weight excluding hydrogens is 410 g/mol. The van der Waals surface area contributed by atoms with Gasteiger partial charge in [-0.2, -0.15) is 0 Å². The Bertz CT molecular complexity index is 1450. The summed E-state index contributed by atoms with van der Waals surface area (Å²) in [5, 5.41) is 11.0. The van der Waals surface area contributed by atoms with Crippen LogP contribution in [-0.2, 0) is 0 Å². The first-order chi connectivity index (χ1) is 16.2. The van der Waals surface area contributed by atoms with Gasteiger partial charge in [0.25, 0.3) is 0 Å². The number of rotatable bonds is 3. The highest BCUT2D eigenvalue weighted by atomic mass is 16.3. The molecule has 1 fully saturated rings. The zero-order valence-corrected chi connectivity index (χ0v) is 18.2. The molecule has 33 heavy (non-hydrogen) atoms. The van der Waals surface area contributed by atoms with Gasteiger partial charge in [-0.3, -0.25) is 4.40 Å². The van der Waals surface area contributed by atoms with E-state index in [0.717, 1.165) is 70.4 Å². The third kappa shape index (κ3) is 3.52. The van der Waals surface area contributed by atoms with Gasteiger partial charge < -0.3 is 10.8 Å². The molecule has 164 valence electrons. The minimum Gasteiger partial charge on any atom is -0.393 e. The van der Waals surface area contributed by atoms with Crippen LogP contribution in [0.3, 0.4) is 0 Å². The highest BCUT2D eigenvalue weighted by Crippen LogP contribution is 2.37. The summed E-state index contributed by atoms with van der Waals surface area (Å²) in [6.45, 7) is 0. The number of nitrogen functional groups attached to an aromatic ring is 1. The Morgan fingerprint density at radius 2 is 1.67 bits per heavy atom. The van der Waals surface area contributed by atoms with E-state index in [2.05, 4.69) is 51.8 Å². The van der Waals surface area contributed by atoms with E-state index in [0.29, 0.717) is 11.7 Å². The fourth-order valence-electron chi connectivity index (χ4n) is 4.94. The lowest BCUT2D eigenvalue weighted by Gasteiger charge is -2.24. The Balaban J connectivity index is 1.49. The van der Waals surface area contributed by atoms with Crippen molar-refractivity contribution < 1.29 is 5.11 Å². The Hall–Kier alpha value is -3.77. The fourth-order valence-corrected chi connectivity index (χ4v) is 4.94. The van der Waals surface area contributed by atoms with Crippen LogP contribution >= 0.6 is 0 Å². The van der Waals surface area contributed by atoms with Crippen molar-refractivity contribution in [2.24, 2.45) is 0 Å². The zero-order valence-electron chi connectivity index (χ0n) is 18.2. The third-order valence-electron chi connectivity index (χ3n) is 6.71. The molecule has 0 bridgehead atoms. The number of aliphatic hydroxyl groups excluding tert-OH is 1. The standard InChI is InChI=1S/C27H25N5O/c28-26-25-24(31-27(32(25)15-14-29-26)19-8-11-21(33)12-9-19)20-7-6-18-10-13-22(30-23(18)16-20)17-4-2-1-3-5-17/h1-7,10,13-16,19,21,33H,8-9,11-12H2,(H2,28,29). The summed E-state index contributed by atoms with van der Waals surface area (Å²) in [6.07, 6.45) is 6.90. The second-order valence-electron chi connectivity index (χ2n) is 8.83. The van der Waals surface area contributed by atoms with Gasteiger partial charge in [0.05, 0.1) is 17.3 Å². The van der Waals surface area contributed by atoms with E-state index in [1.807, 2.05) is 24.4 Å². The summed E-state index contributed by atoms with van der Waals surface area (Å²) in [6, 6.07) is 20.6. The van der Waals surface area contributed by atoms with Crippen molar-refractivity contribution in [3.05, 3.63) is 78.9 Å². The highest BCUT2D eigenvalue weighted by molar-refractivity contribution is 5.91. The van der Waals surface area contributed by atoms with E-state index in [1.54, 1.807) is 6.20 Å². The van der Waals surface area contributed by atoms with Gasteiger partial charge in [0.1, 0.15) is 22.9 Å². The quantitative estimate of drug-likeness (QED) is 0.406. The number of aliphatic hydroxyl groups is 1. The molecule has 3 aromatic heterocycles. The topological polar surface area (TPSA) is 89.3 Å². The molecule has 0 radical (unpaired) electrons. The number of aromatic nitrogens is 4. The van der Waals surface area contributed by atoms with Gasteiger partial charge in [0, 0.05) is 34.8 Å². The monoisotopic (exact) mass is 435 g/mol. The van der Waals surface area contributed by atoms with E-state index < -0.39 is 0 Å². The average Bonchev–Trinajstić information content (AvgIpc) is 3.25. The van der Waals surface area contributed by atoms with Gasteiger partial charge in [-0.15, -0.1) is 0 Å². The Labute approximate surface area is 191 Å². The molecule has 6 nitrogen and oxygen atoms in total. The Morgan fingerprint density at radius 1 is 0.879 bits per heavy atom. The van der Waals surface area contributed by atoms with Crippen LogP contribution < -0.4 is 5.73 Å². The first-order valence-corrected chi connectivity index (χ1v) is 11.4. The number of hydrogen-bond acceptors (Lipinski definition) is 5. The lowest BCUT2D eigenvalue weighted by Crippen LogP contribution is -2.18. The maximum Gasteiger partial charge on any atom is 0.150 e. The summed E-state index contributed by atoms with van der Waals surface area (Å²) < 4.78 is 2.08. The predicted molar refractivity (Wildman–Crippen MR) is 131 cm³/mol. The van der Waals surface area contributed by atoms with Crippen LogP contribution in [0.4, 0.5) is 5.82 Å². The van der Waals surface area contributed by atoms with Crippen molar-refractivity contribution in [1.82, 2.24) is 19.4 Å². The molecule has 6 heteroatoms. The molecule has 1 saturated carbocycles. The fraction of sp³-hybridized carbons (Fsp3) is 0.222. The minimum absolute atomic E-state index is 0.205. The molecule has 0 saturated heterocycles. The summed E-state index contributed by atoms with van der Waals surface area (Å²) in [4.78, 5) is 14.4. The van der Waals surface area contributed by atoms with Crippen LogP contribution in [0.2, 0.25) is 0 Å². The number of benzene rings is 2. The third-order valence-corrected chi connectivity index (χ3v) is 6.71. The van der Waals surface area contributed by atoms with Crippen LogP contribution in [0, 0.1) is 0 Å². The van der Waals surface area contributed by atoms with E-state index in [1.165, 1.54) is 0 Å². The summed E-state index contributed by atoms with van der Waals surface area (Å²) >= 11 is 0.